The van der Waals surface area contributed by atoms with E-state index < -0.39 is 6.10 Å². The normalized spacial score (nSPS) is 12.7. The van der Waals surface area contributed by atoms with Crippen LogP contribution in [0.3, 0.4) is 0 Å². The summed E-state index contributed by atoms with van der Waals surface area (Å²) in [6.45, 7) is 2.27. The standard InChI is InChI=1S/C41H72O6/c1-2-3-4-5-6-7-8-9-13-16-19-22-25-28-31-34-40(44)46-37-39(43)38-47-41(45)35-32-29-26-23-20-17-14-11-10-12-15-18-21-24-27-30-33-36-42/h10,12,14,17-18,21,23,26,39,42-43H,2-9,11,13,15-16,19-20,22,24-25,27-38H2,1H3/b12-10-,17-14-,21-18-,26-23-/t39-/m0/s1. The van der Waals surface area contributed by atoms with Gasteiger partial charge in [-0.25, -0.2) is 0 Å². The molecular formula is C41H72O6. The van der Waals surface area contributed by atoms with E-state index in [1.165, 1.54) is 77.0 Å². The third kappa shape index (κ3) is 38.2. The van der Waals surface area contributed by atoms with Crippen LogP contribution < -0.4 is 0 Å². The van der Waals surface area contributed by atoms with Gasteiger partial charge in [-0.3, -0.25) is 9.59 Å². The van der Waals surface area contributed by atoms with E-state index in [1.807, 2.05) is 0 Å². The first-order chi connectivity index (χ1) is 23.1. The third-order valence-electron chi connectivity index (χ3n) is 8.12. The monoisotopic (exact) mass is 661 g/mol. The molecule has 1 atom stereocenters. The molecular weight excluding hydrogens is 588 g/mol. The van der Waals surface area contributed by atoms with Gasteiger partial charge in [-0.05, 0) is 57.8 Å². The van der Waals surface area contributed by atoms with Crippen LogP contribution >= 0.6 is 0 Å². The van der Waals surface area contributed by atoms with E-state index in [0.29, 0.717) is 25.9 Å². The molecule has 0 aliphatic carbocycles. The molecule has 2 N–H and O–H groups in total. The van der Waals surface area contributed by atoms with Gasteiger partial charge in [-0.15, -0.1) is 0 Å². The largest absolute Gasteiger partial charge is 0.463 e. The summed E-state index contributed by atoms with van der Waals surface area (Å²) in [7, 11) is 0. The molecule has 47 heavy (non-hydrogen) atoms. The maximum absolute atomic E-state index is 11.9. The number of allylic oxidation sites excluding steroid dienone is 8. The van der Waals surface area contributed by atoms with Crippen molar-refractivity contribution < 1.29 is 29.3 Å². The van der Waals surface area contributed by atoms with Gasteiger partial charge in [0.2, 0.25) is 0 Å². The van der Waals surface area contributed by atoms with Crippen LogP contribution in [0.4, 0.5) is 0 Å². The molecule has 0 saturated heterocycles. The Balaban J connectivity index is 3.53. The van der Waals surface area contributed by atoms with E-state index >= 15 is 0 Å². The molecule has 0 aromatic rings. The van der Waals surface area contributed by atoms with Gasteiger partial charge in [0.15, 0.2) is 0 Å². The lowest BCUT2D eigenvalue weighted by molar-refractivity contribution is -0.152. The van der Waals surface area contributed by atoms with E-state index in [-0.39, 0.29) is 25.2 Å². The van der Waals surface area contributed by atoms with E-state index in [9.17, 15) is 14.7 Å². The number of carbonyl (C=O) groups excluding carboxylic acids is 2. The average molecular weight is 661 g/mol. The molecule has 0 rings (SSSR count). The van der Waals surface area contributed by atoms with Crippen molar-refractivity contribution in [2.75, 3.05) is 19.8 Å². The maximum Gasteiger partial charge on any atom is 0.305 e. The second-order valence-electron chi connectivity index (χ2n) is 12.8. The lowest BCUT2D eigenvalue weighted by Crippen LogP contribution is -2.25. The number of unbranched alkanes of at least 4 members (excludes halogenated alkanes) is 18. The number of carbonyl (C=O) groups is 2. The minimum atomic E-state index is -0.991. The van der Waals surface area contributed by atoms with Gasteiger partial charge in [0.05, 0.1) is 0 Å². The van der Waals surface area contributed by atoms with Crippen LogP contribution in [0.1, 0.15) is 174 Å². The first-order valence-corrected chi connectivity index (χ1v) is 19.3. The molecule has 0 spiro atoms. The average Bonchev–Trinajstić information content (AvgIpc) is 3.07. The van der Waals surface area contributed by atoms with Gasteiger partial charge in [0, 0.05) is 19.4 Å². The fraction of sp³-hybridized carbons (Fsp3) is 0.756. The lowest BCUT2D eigenvalue weighted by atomic mass is 10.0. The Morgan fingerprint density at radius 3 is 1.30 bits per heavy atom. The zero-order chi connectivity index (χ0) is 34.3. The van der Waals surface area contributed by atoms with Crippen molar-refractivity contribution in [3.05, 3.63) is 48.6 Å². The van der Waals surface area contributed by atoms with Crippen LogP contribution in [0.2, 0.25) is 0 Å². The Hall–Kier alpha value is -2.18. The van der Waals surface area contributed by atoms with Gasteiger partial charge in [-0.1, -0.05) is 152 Å². The van der Waals surface area contributed by atoms with Crippen molar-refractivity contribution in [3.8, 4) is 0 Å². The summed E-state index contributed by atoms with van der Waals surface area (Å²) in [6, 6.07) is 0. The quantitative estimate of drug-likeness (QED) is 0.0399. The van der Waals surface area contributed by atoms with Crippen LogP contribution in [0.25, 0.3) is 0 Å². The summed E-state index contributed by atoms with van der Waals surface area (Å²) < 4.78 is 10.3. The molecule has 0 heterocycles. The molecule has 0 fully saturated rings. The highest BCUT2D eigenvalue weighted by molar-refractivity contribution is 5.69. The Bertz CT molecular complexity index is 800. The van der Waals surface area contributed by atoms with Crippen LogP contribution in [-0.2, 0) is 19.1 Å². The van der Waals surface area contributed by atoms with Gasteiger partial charge < -0.3 is 19.7 Å². The second-order valence-corrected chi connectivity index (χ2v) is 12.8. The summed E-state index contributed by atoms with van der Waals surface area (Å²) in [5.74, 6) is -0.640. The zero-order valence-corrected chi connectivity index (χ0v) is 30.2. The van der Waals surface area contributed by atoms with Gasteiger partial charge in [0.1, 0.15) is 19.3 Å². The number of hydrogen-bond donors (Lipinski definition) is 2. The zero-order valence-electron chi connectivity index (χ0n) is 30.2. The lowest BCUT2D eigenvalue weighted by Gasteiger charge is -2.12. The molecule has 272 valence electrons. The fourth-order valence-electron chi connectivity index (χ4n) is 5.18. The predicted molar refractivity (Wildman–Crippen MR) is 197 cm³/mol. The van der Waals surface area contributed by atoms with Gasteiger partial charge >= 0.3 is 11.9 Å². The van der Waals surface area contributed by atoms with Gasteiger partial charge in [-0.2, -0.15) is 0 Å². The summed E-state index contributed by atoms with van der Waals surface area (Å²) >= 11 is 0. The Morgan fingerprint density at radius 2 is 0.851 bits per heavy atom. The highest BCUT2D eigenvalue weighted by Crippen LogP contribution is 2.14. The highest BCUT2D eigenvalue weighted by Gasteiger charge is 2.12. The fourth-order valence-corrected chi connectivity index (χ4v) is 5.18. The Labute approximate surface area is 289 Å². The van der Waals surface area contributed by atoms with Crippen molar-refractivity contribution >= 4 is 11.9 Å². The van der Waals surface area contributed by atoms with E-state index in [4.69, 9.17) is 14.6 Å². The van der Waals surface area contributed by atoms with Crippen molar-refractivity contribution in [2.24, 2.45) is 0 Å². The number of rotatable bonds is 35. The number of aliphatic hydroxyl groups excluding tert-OH is 2. The van der Waals surface area contributed by atoms with Crippen LogP contribution in [0.15, 0.2) is 48.6 Å². The van der Waals surface area contributed by atoms with E-state index in [2.05, 4.69) is 55.5 Å². The summed E-state index contributed by atoms with van der Waals surface area (Å²) in [5, 5.41) is 18.7. The van der Waals surface area contributed by atoms with Crippen LogP contribution in [0.5, 0.6) is 0 Å². The molecule has 6 heteroatoms. The minimum absolute atomic E-state index is 0.138. The Kier molecular flexibility index (Phi) is 36.5. The topological polar surface area (TPSA) is 93.1 Å². The second kappa shape index (κ2) is 38.3. The SMILES string of the molecule is CCCCCCCCCCCCCCCCCC(=O)OC[C@H](O)COC(=O)CCC/C=C\C/C=C\C/C=C\C/C=C\CCCCCO. The summed E-state index contributed by atoms with van der Waals surface area (Å²) in [5.41, 5.74) is 0. The molecule has 0 radical (unpaired) electrons. The highest BCUT2D eigenvalue weighted by atomic mass is 16.6. The molecule has 0 saturated carbocycles. The van der Waals surface area contributed by atoms with Crippen LogP contribution in [0, 0.1) is 0 Å². The molecule has 0 aromatic carbocycles. The van der Waals surface area contributed by atoms with Crippen molar-refractivity contribution in [3.63, 3.8) is 0 Å². The molecule has 0 aliphatic rings. The first kappa shape index (κ1) is 44.8. The van der Waals surface area contributed by atoms with Gasteiger partial charge in [0.25, 0.3) is 0 Å². The van der Waals surface area contributed by atoms with E-state index in [1.54, 1.807) is 0 Å². The van der Waals surface area contributed by atoms with Crippen molar-refractivity contribution in [1.82, 2.24) is 0 Å². The molecule has 0 amide bonds. The molecule has 0 aliphatic heterocycles. The third-order valence-corrected chi connectivity index (χ3v) is 8.12. The van der Waals surface area contributed by atoms with E-state index in [0.717, 1.165) is 70.6 Å². The molecule has 0 unspecified atom stereocenters. The van der Waals surface area contributed by atoms with Crippen molar-refractivity contribution in [1.29, 1.82) is 0 Å². The van der Waals surface area contributed by atoms with Crippen LogP contribution in [-0.4, -0.2) is 48.1 Å². The maximum atomic E-state index is 11.9. The first-order valence-electron chi connectivity index (χ1n) is 19.3. The molecule has 0 aromatic heterocycles. The number of aliphatic hydroxyl groups is 2. The summed E-state index contributed by atoms with van der Waals surface area (Å²) in [6.07, 6.45) is 44.6. The summed E-state index contributed by atoms with van der Waals surface area (Å²) in [4.78, 5) is 23.9. The predicted octanol–water partition coefficient (Wildman–Crippen LogP) is 10.8. The molecule has 6 nitrogen and oxygen atoms in total. The Morgan fingerprint density at radius 1 is 0.489 bits per heavy atom. The minimum Gasteiger partial charge on any atom is -0.463 e. The molecule has 0 bridgehead atoms. The number of esters is 2. The number of hydrogen-bond acceptors (Lipinski definition) is 6. The van der Waals surface area contributed by atoms with Crippen molar-refractivity contribution in [2.45, 2.75) is 180 Å². The number of ether oxygens (including phenoxy) is 2. The smallest absolute Gasteiger partial charge is 0.305 e.